The first kappa shape index (κ1) is 12.8. The van der Waals surface area contributed by atoms with Crippen LogP contribution >= 0.6 is 11.3 Å². The highest BCUT2D eigenvalue weighted by atomic mass is 32.1. The van der Waals surface area contributed by atoms with Gasteiger partial charge in [-0.1, -0.05) is 23.5 Å². The summed E-state index contributed by atoms with van der Waals surface area (Å²) < 4.78 is 6.10. The van der Waals surface area contributed by atoms with Crippen molar-refractivity contribution in [1.29, 1.82) is 0 Å². The Kier molecular flexibility index (Phi) is 4.15. The van der Waals surface area contributed by atoms with Crippen LogP contribution in [0, 0.1) is 0 Å². The fourth-order valence-corrected chi connectivity index (χ4v) is 2.70. The molecular weight excluding hydrogens is 248 g/mol. The third-order valence-electron chi connectivity index (χ3n) is 2.56. The van der Waals surface area contributed by atoms with E-state index in [0.29, 0.717) is 6.61 Å². The van der Waals surface area contributed by atoms with E-state index in [1.54, 1.807) is 11.3 Å². The molecule has 0 aliphatic heterocycles. The maximum absolute atomic E-state index is 11.5. The zero-order chi connectivity index (χ0) is 13.0. The number of hydrogen-bond donors (Lipinski definition) is 0. The third-order valence-corrected chi connectivity index (χ3v) is 3.66. The van der Waals surface area contributed by atoms with Gasteiger partial charge in [0.05, 0.1) is 16.8 Å². The van der Waals surface area contributed by atoms with Crippen LogP contribution in [-0.2, 0) is 9.53 Å². The molecule has 0 bridgehead atoms. The van der Waals surface area contributed by atoms with Crippen molar-refractivity contribution in [3.63, 3.8) is 0 Å². The zero-order valence-electron chi connectivity index (χ0n) is 10.5. The van der Waals surface area contributed by atoms with E-state index in [1.807, 2.05) is 43.0 Å². The molecule has 0 aliphatic carbocycles. The topological polar surface area (TPSA) is 42.4 Å². The number of rotatable bonds is 5. The summed E-state index contributed by atoms with van der Waals surface area (Å²) in [6.07, 6.45) is 0. The average molecular weight is 264 g/mol. The first-order valence-electron chi connectivity index (χ1n) is 6.00. The van der Waals surface area contributed by atoms with Gasteiger partial charge in [0.1, 0.15) is 6.54 Å². The van der Waals surface area contributed by atoms with Crippen LogP contribution in [0.15, 0.2) is 24.3 Å². The Morgan fingerprint density at radius 2 is 2.17 bits per heavy atom. The van der Waals surface area contributed by atoms with Gasteiger partial charge < -0.3 is 9.64 Å². The molecule has 0 N–H and O–H groups in total. The number of para-hydroxylation sites is 1. The summed E-state index contributed by atoms with van der Waals surface area (Å²) in [6.45, 7) is 5.22. The molecule has 1 heterocycles. The largest absolute Gasteiger partial charge is 0.465 e. The molecule has 2 rings (SSSR count). The van der Waals surface area contributed by atoms with Gasteiger partial charge in [-0.15, -0.1) is 0 Å². The lowest BCUT2D eigenvalue weighted by Crippen LogP contribution is -2.30. The van der Waals surface area contributed by atoms with E-state index >= 15 is 0 Å². The van der Waals surface area contributed by atoms with Crippen LogP contribution in [-0.4, -0.2) is 30.6 Å². The standard InChI is InChI=1S/C13H16N2O2S/c1-3-15(9-12(16)17-4-2)13-14-10-7-5-6-8-11(10)18-13/h5-8H,3-4,9H2,1-2H3. The van der Waals surface area contributed by atoms with Gasteiger partial charge in [-0.25, -0.2) is 4.98 Å². The van der Waals surface area contributed by atoms with Gasteiger partial charge in [0.2, 0.25) is 0 Å². The van der Waals surface area contributed by atoms with Gasteiger partial charge >= 0.3 is 5.97 Å². The molecule has 0 unspecified atom stereocenters. The molecule has 4 nitrogen and oxygen atoms in total. The summed E-state index contributed by atoms with van der Waals surface area (Å²) in [5, 5.41) is 0.867. The number of nitrogens with zero attached hydrogens (tertiary/aromatic N) is 2. The van der Waals surface area contributed by atoms with Crippen LogP contribution < -0.4 is 4.90 Å². The highest BCUT2D eigenvalue weighted by Crippen LogP contribution is 2.28. The van der Waals surface area contributed by atoms with E-state index in [0.717, 1.165) is 21.9 Å². The first-order chi connectivity index (χ1) is 8.74. The highest BCUT2D eigenvalue weighted by molar-refractivity contribution is 7.22. The number of likely N-dealkylation sites (N-methyl/N-ethyl adjacent to an activating group) is 1. The molecule has 2 aromatic rings. The molecule has 1 aromatic carbocycles. The molecule has 96 valence electrons. The van der Waals surface area contributed by atoms with Crippen molar-refractivity contribution in [2.75, 3.05) is 24.6 Å². The molecule has 0 fully saturated rings. The Hall–Kier alpha value is -1.62. The number of benzene rings is 1. The summed E-state index contributed by atoms with van der Waals surface area (Å²) in [5.74, 6) is -0.210. The first-order valence-corrected chi connectivity index (χ1v) is 6.82. The van der Waals surface area contributed by atoms with Crippen molar-refractivity contribution in [3.05, 3.63) is 24.3 Å². The SMILES string of the molecule is CCOC(=O)CN(CC)c1nc2ccccc2s1. The van der Waals surface area contributed by atoms with Crippen LogP contribution in [0.1, 0.15) is 13.8 Å². The summed E-state index contributed by atoms with van der Waals surface area (Å²) in [6, 6.07) is 7.97. The van der Waals surface area contributed by atoms with Gasteiger partial charge in [0.25, 0.3) is 0 Å². The Bertz CT molecular complexity index is 506. The quantitative estimate of drug-likeness (QED) is 0.779. The van der Waals surface area contributed by atoms with Gasteiger partial charge in [-0.2, -0.15) is 0 Å². The molecule has 0 amide bonds. The number of thiazole rings is 1. The average Bonchev–Trinajstić information content (AvgIpc) is 2.79. The van der Waals surface area contributed by atoms with E-state index in [2.05, 4.69) is 4.98 Å². The maximum atomic E-state index is 11.5. The fraction of sp³-hybridized carbons (Fsp3) is 0.385. The normalized spacial score (nSPS) is 10.6. The second kappa shape index (κ2) is 5.82. The molecule has 0 spiro atoms. The fourth-order valence-electron chi connectivity index (χ4n) is 1.67. The Balaban J connectivity index is 2.18. The van der Waals surface area contributed by atoms with Crippen LogP contribution in [0.4, 0.5) is 5.13 Å². The van der Waals surface area contributed by atoms with Gasteiger partial charge in [-0.3, -0.25) is 4.79 Å². The monoisotopic (exact) mass is 264 g/mol. The predicted octanol–water partition coefficient (Wildman–Crippen LogP) is 2.69. The van der Waals surface area contributed by atoms with E-state index in [-0.39, 0.29) is 12.5 Å². The molecule has 0 saturated heterocycles. The Morgan fingerprint density at radius 1 is 1.39 bits per heavy atom. The lowest BCUT2D eigenvalue weighted by Gasteiger charge is -2.18. The summed E-state index contributed by atoms with van der Waals surface area (Å²) in [4.78, 5) is 18.0. The van der Waals surface area contributed by atoms with Crippen molar-refractivity contribution in [2.45, 2.75) is 13.8 Å². The van der Waals surface area contributed by atoms with Crippen LogP contribution in [0.5, 0.6) is 0 Å². The zero-order valence-corrected chi connectivity index (χ0v) is 11.4. The summed E-state index contributed by atoms with van der Waals surface area (Å²) in [7, 11) is 0. The predicted molar refractivity (Wildman–Crippen MR) is 74.1 cm³/mol. The number of hydrogen-bond acceptors (Lipinski definition) is 5. The van der Waals surface area contributed by atoms with Crippen LogP contribution in [0.2, 0.25) is 0 Å². The molecular formula is C13H16N2O2S. The Labute approximate surface area is 110 Å². The second-order valence-electron chi connectivity index (χ2n) is 3.78. The molecule has 1 aromatic heterocycles. The number of esters is 1. The van der Waals surface area contributed by atoms with E-state index in [9.17, 15) is 4.79 Å². The van der Waals surface area contributed by atoms with E-state index in [4.69, 9.17) is 4.74 Å². The van der Waals surface area contributed by atoms with Crippen LogP contribution in [0.3, 0.4) is 0 Å². The lowest BCUT2D eigenvalue weighted by atomic mass is 10.3. The number of anilines is 1. The van der Waals surface area contributed by atoms with Crippen molar-refractivity contribution in [3.8, 4) is 0 Å². The molecule has 0 aliphatic rings. The van der Waals surface area contributed by atoms with E-state index < -0.39 is 0 Å². The maximum Gasteiger partial charge on any atom is 0.325 e. The van der Waals surface area contributed by atoms with E-state index in [1.165, 1.54) is 0 Å². The minimum Gasteiger partial charge on any atom is -0.465 e. The summed E-state index contributed by atoms with van der Waals surface area (Å²) in [5.41, 5.74) is 0.972. The van der Waals surface area contributed by atoms with Gasteiger partial charge in [0, 0.05) is 6.54 Å². The number of aromatic nitrogens is 1. The number of fused-ring (bicyclic) bond motifs is 1. The Morgan fingerprint density at radius 3 is 2.83 bits per heavy atom. The molecule has 18 heavy (non-hydrogen) atoms. The van der Waals surface area contributed by atoms with Crippen molar-refractivity contribution in [1.82, 2.24) is 4.98 Å². The summed E-state index contributed by atoms with van der Waals surface area (Å²) >= 11 is 1.60. The van der Waals surface area contributed by atoms with Crippen LogP contribution in [0.25, 0.3) is 10.2 Å². The smallest absolute Gasteiger partial charge is 0.325 e. The second-order valence-corrected chi connectivity index (χ2v) is 4.79. The minimum atomic E-state index is -0.210. The molecule has 0 saturated carbocycles. The molecule has 5 heteroatoms. The lowest BCUT2D eigenvalue weighted by molar-refractivity contribution is -0.141. The number of carbonyl (C=O) groups excluding carboxylic acids is 1. The van der Waals surface area contributed by atoms with Crippen molar-refractivity contribution >= 4 is 32.7 Å². The number of carbonyl (C=O) groups is 1. The molecule has 0 radical (unpaired) electrons. The minimum absolute atomic E-state index is 0.210. The van der Waals surface area contributed by atoms with Gasteiger partial charge in [-0.05, 0) is 26.0 Å². The van der Waals surface area contributed by atoms with Gasteiger partial charge in [0.15, 0.2) is 5.13 Å². The molecule has 0 atom stereocenters. The number of ether oxygens (including phenoxy) is 1. The highest BCUT2D eigenvalue weighted by Gasteiger charge is 2.14. The van der Waals surface area contributed by atoms with Crippen molar-refractivity contribution in [2.24, 2.45) is 0 Å². The third kappa shape index (κ3) is 2.79. The van der Waals surface area contributed by atoms with Crippen molar-refractivity contribution < 1.29 is 9.53 Å².